The molecule has 0 radical (unpaired) electrons. The summed E-state index contributed by atoms with van der Waals surface area (Å²) in [6.07, 6.45) is 3.62. The molecule has 0 saturated carbocycles. The fourth-order valence-electron chi connectivity index (χ4n) is 3.12. The van der Waals surface area contributed by atoms with E-state index in [4.69, 9.17) is 0 Å². The van der Waals surface area contributed by atoms with Crippen molar-refractivity contribution in [1.82, 2.24) is 14.9 Å². The van der Waals surface area contributed by atoms with E-state index in [0.717, 1.165) is 53.8 Å². The summed E-state index contributed by atoms with van der Waals surface area (Å²) < 4.78 is 0. The number of hydrogen-bond acceptors (Lipinski definition) is 6. The molecule has 2 aromatic heterocycles. The van der Waals surface area contributed by atoms with E-state index in [2.05, 4.69) is 20.2 Å². The highest BCUT2D eigenvalue weighted by molar-refractivity contribution is 7.98. The van der Waals surface area contributed by atoms with Crippen LogP contribution in [0.3, 0.4) is 0 Å². The van der Waals surface area contributed by atoms with Gasteiger partial charge in [-0.3, -0.25) is 9.78 Å². The Hall–Kier alpha value is -2.38. The Morgan fingerprint density at radius 2 is 1.85 bits per heavy atom. The van der Waals surface area contributed by atoms with Gasteiger partial charge in [0.1, 0.15) is 0 Å². The maximum atomic E-state index is 13.1. The van der Waals surface area contributed by atoms with Crippen LogP contribution < -0.4 is 4.90 Å². The first-order valence-corrected chi connectivity index (χ1v) is 10.8. The largest absolute Gasteiger partial charge is 0.368 e. The van der Waals surface area contributed by atoms with Crippen molar-refractivity contribution in [2.24, 2.45) is 0 Å². The summed E-state index contributed by atoms with van der Waals surface area (Å²) in [4.78, 5) is 26.8. The lowest BCUT2D eigenvalue weighted by Gasteiger charge is -2.36. The molecule has 0 bridgehead atoms. The van der Waals surface area contributed by atoms with Gasteiger partial charge >= 0.3 is 0 Å². The monoisotopic (exact) mass is 396 g/mol. The molecule has 138 valence electrons. The molecule has 1 aliphatic rings. The van der Waals surface area contributed by atoms with Crippen LogP contribution in [0, 0.1) is 0 Å². The number of thiazole rings is 1. The predicted molar refractivity (Wildman–Crippen MR) is 110 cm³/mol. The van der Waals surface area contributed by atoms with Gasteiger partial charge in [-0.25, -0.2) is 4.98 Å². The van der Waals surface area contributed by atoms with Crippen LogP contribution >= 0.6 is 23.1 Å². The van der Waals surface area contributed by atoms with Crippen molar-refractivity contribution in [3.63, 3.8) is 0 Å². The molecule has 0 N–H and O–H groups in total. The molecule has 3 aromatic rings. The van der Waals surface area contributed by atoms with E-state index in [9.17, 15) is 4.79 Å². The summed E-state index contributed by atoms with van der Waals surface area (Å²) in [5.74, 6) is 0.898. The second kappa shape index (κ2) is 8.54. The van der Waals surface area contributed by atoms with Gasteiger partial charge in [0.25, 0.3) is 5.91 Å². The van der Waals surface area contributed by atoms with Crippen LogP contribution in [0.4, 0.5) is 5.69 Å². The number of anilines is 1. The first kappa shape index (κ1) is 18.0. The third-order valence-electron chi connectivity index (χ3n) is 4.57. The van der Waals surface area contributed by atoms with Crippen molar-refractivity contribution in [2.45, 2.75) is 10.6 Å². The number of nitrogens with zero attached hydrogens (tertiary/aromatic N) is 4. The van der Waals surface area contributed by atoms with E-state index in [0.29, 0.717) is 0 Å². The molecule has 1 aromatic carbocycles. The Morgan fingerprint density at radius 3 is 2.59 bits per heavy atom. The maximum Gasteiger partial charge on any atom is 0.255 e. The molecular weight excluding hydrogens is 376 g/mol. The van der Waals surface area contributed by atoms with E-state index in [1.165, 1.54) is 0 Å². The van der Waals surface area contributed by atoms with Gasteiger partial charge in [0, 0.05) is 60.3 Å². The first-order valence-electron chi connectivity index (χ1n) is 8.84. The van der Waals surface area contributed by atoms with E-state index in [1.807, 2.05) is 59.2 Å². The summed E-state index contributed by atoms with van der Waals surface area (Å²) in [6.45, 7) is 3.13. The van der Waals surface area contributed by atoms with Gasteiger partial charge in [-0.2, -0.15) is 0 Å². The third-order valence-corrected chi connectivity index (χ3v) is 6.31. The van der Waals surface area contributed by atoms with E-state index < -0.39 is 0 Å². The molecule has 5 nitrogen and oxygen atoms in total. The van der Waals surface area contributed by atoms with Crippen LogP contribution in [-0.4, -0.2) is 47.0 Å². The summed E-state index contributed by atoms with van der Waals surface area (Å²) >= 11 is 3.27. The van der Waals surface area contributed by atoms with Gasteiger partial charge in [0.15, 0.2) is 0 Å². The summed E-state index contributed by atoms with van der Waals surface area (Å²) in [5.41, 5.74) is 4.85. The number of benzene rings is 1. The Balaban J connectivity index is 1.41. The zero-order valence-corrected chi connectivity index (χ0v) is 16.5. The Kier molecular flexibility index (Phi) is 5.69. The summed E-state index contributed by atoms with van der Waals surface area (Å²) in [7, 11) is 0. The number of rotatable bonds is 5. The summed E-state index contributed by atoms with van der Waals surface area (Å²) in [5, 5.41) is 2.05. The van der Waals surface area contributed by atoms with E-state index >= 15 is 0 Å². The number of thioether (sulfide) groups is 1. The van der Waals surface area contributed by atoms with Gasteiger partial charge < -0.3 is 9.80 Å². The standard InChI is InChI=1S/C20H20N4OS2/c25-20(24-11-9-23(10-12-24)17-5-7-21-8-6-17)18-3-1-2-4-19(18)27-14-16-13-26-15-22-16/h1-8,13,15H,9-12,14H2. The molecule has 0 spiro atoms. The number of carbonyl (C=O) groups is 1. The molecule has 0 atom stereocenters. The highest BCUT2D eigenvalue weighted by Crippen LogP contribution is 2.27. The van der Waals surface area contributed by atoms with Crippen molar-refractivity contribution in [3.05, 3.63) is 70.9 Å². The second-order valence-electron chi connectivity index (χ2n) is 6.25. The fraction of sp³-hybridized carbons (Fsp3) is 0.250. The molecule has 0 unspecified atom stereocenters. The number of aromatic nitrogens is 2. The van der Waals surface area contributed by atoms with Crippen LogP contribution in [0.5, 0.6) is 0 Å². The molecule has 4 rings (SSSR count). The van der Waals surface area contributed by atoms with Crippen LogP contribution in [0.2, 0.25) is 0 Å². The molecule has 1 saturated heterocycles. The van der Waals surface area contributed by atoms with Crippen LogP contribution in [0.25, 0.3) is 0 Å². The smallest absolute Gasteiger partial charge is 0.255 e. The highest BCUT2D eigenvalue weighted by atomic mass is 32.2. The number of piperazine rings is 1. The van der Waals surface area contributed by atoms with Crippen molar-refractivity contribution in [3.8, 4) is 0 Å². The van der Waals surface area contributed by atoms with Crippen molar-refractivity contribution < 1.29 is 4.79 Å². The number of amides is 1. The normalized spacial score (nSPS) is 14.4. The topological polar surface area (TPSA) is 49.3 Å². The molecule has 1 fully saturated rings. The van der Waals surface area contributed by atoms with Crippen molar-refractivity contribution in [2.75, 3.05) is 31.1 Å². The van der Waals surface area contributed by atoms with Crippen molar-refractivity contribution >= 4 is 34.7 Å². The highest BCUT2D eigenvalue weighted by Gasteiger charge is 2.24. The Labute approximate surface area is 167 Å². The van der Waals surface area contributed by atoms with Crippen LogP contribution in [-0.2, 0) is 5.75 Å². The predicted octanol–water partition coefficient (Wildman–Crippen LogP) is 3.79. The van der Waals surface area contributed by atoms with Gasteiger partial charge in [-0.1, -0.05) is 12.1 Å². The zero-order valence-electron chi connectivity index (χ0n) is 14.8. The maximum absolute atomic E-state index is 13.1. The van der Waals surface area contributed by atoms with Gasteiger partial charge in [-0.15, -0.1) is 23.1 Å². The third kappa shape index (κ3) is 4.31. The molecule has 3 heterocycles. The molecular formula is C20H20N4OS2. The van der Waals surface area contributed by atoms with Gasteiger partial charge in [-0.05, 0) is 24.3 Å². The SMILES string of the molecule is O=C(c1ccccc1SCc1cscn1)N1CCN(c2ccncc2)CC1. The number of pyridine rings is 1. The minimum absolute atomic E-state index is 0.116. The van der Waals surface area contributed by atoms with Gasteiger partial charge in [0.2, 0.25) is 0 Å². The molecule has 27 heavy (non-hydrogen) atoms. The average molecular weight is 397 g/mol. The first-order chi connectivity index (χ1) is 13.3. The van der Waals surface area contributed by atoms with Gasteiger partial charge in [0.05, 0.1) is 16.8 Å². The average Bonchev–Trinajstić information content (AvgIpc) is 3.26. The Bertz CT molecular complexity index is 878. The quantitative estimate of drug-likeness (QED) is 0.614. The number of hydrogen-bond donors (Lipinski definition) is 0. The lowest BCUT2D eigenvalue weighted by atomic mass is 10.1. The molecule has 0 aliphatic carbocycles. The molecule has 1 amide bonds. The van der Waals surface area contributed by atoms with Crippen LogP contribution in [0.15, 0.2) is 64.6 Å². The Morgan fingerprint density at radius 1 is 1.07 bits per heavy atom. The summed E-state index contributed by atoms with van der Waals surface area (Å²) in [6, 6.07) is 11.9. The number of carbonyl (C=O) groups excluding carboxylic acids is 1. The minimum Gasteiger partial charge on any atom is -0.368 e. The second-order valence-corrected chi connectivity index (χ2v) is 7.99. The van der Waals surface area contributed by atoms with Crippen molar-refractivity contribution in [1.29, 1.82) is 0 Å². The fourth-order valence-corrected chi connectivity index (χ4v) is 4.73. The van der Waals surface area contributed by atoms with Crippen LogP contribution in [0.1, 0.15) is 16.1 Å². The lowest BCUT2D eigenvalue weighted by Crippen LogP contribution is -2.48. The van der Waals surface area contributed by atoms with E-state index in [-0.39, 0.29) is 5.91 Å². The zero-order chi connectivity index (χ0) is 18.5. The lowest BCUT2D eigenvalue weighted by molar-refractivity contribution is 0.0743. The molecule has 1 aliphatic heterocycles. The molecule has 7 heteroatoms. The minimum atomic E-state index is 0.116. The van der Waals surface area contributed by atoms with E-state index in [1.54, 1.807) is 23.1 Å².